The Morgan fingerprint density at radius 3 is 2.22 bits per heavy atom. The highest BCUT2D eigenvalue weighted by Crippen LogP contribution is 2.55. The van der Waals surface area contributed by atoms with Crippen LogP contribution < -0.4 is 0 Å². The maximum Gasteiger partial charge on any atom is 0.0228 e. The fourth-order valence-corrected chi connectivity index (χ4v) is 3.06. The van der Waals surface area contributed by atoms with Gasteiger partial charge in [-0.1, -0.05) is 6.04 Å². The molecule has 0 aromatic heterocycles. The van der Waals surface area contributed by atoms with Gasteiger partial charge < -0.3 is 0 Å². The lowest BCUT2D eigenvalue weighted by molar-refractivity contribution is 0.333. The summed E-state index contributed by atoms with van der Waals surface area (Å²) in [6, 6.07) is 1.25. The fourth-order valence-electron chi connectivity index (χ4n) is 2.56. The molecule has 0 heterocycles. The van der Waals surface area contributed by atoms with Crippen LogP contribution in [0.15, 0.2) is 0 Å². The van der Waals surface area contributed by atoms with Gasteiger partial charge in [-0.15, -0.1) is 0 Å². The van der Waals surface area contributed by atoms with Gasteiger partial charge in [0, 0.05) is 10.2 Å². The second kappa shape index (κ2) is 1.85. The van der Waals surface area contributed by atoms with Crippen LogP contribution in [0.1, 0.15) is 32.1 Å². The van der Waals surface area contributed by atoms with Crippen molar-refractivity contribution in [2.24, 2.45) is 11.3 Å². The summed E-state index contributed by atoms with van der Waals surface area (Å²) < 4.78 is 0. The van der Waals surface area contributed by atoms with Crippen molar-refractivity contribution in [3.05, 3.63) is 0 Å². The molecule has 0 N–H and O–H groups in total. The van der Waals surface area contributed by atoms with Crippen LogP contribution in [0.25, 0.3) is 0 Å². The highest BCUT2D eigenvalue weighted by atomic mass is 28.1. The van der Waals surface area contributed by atoms with Crippen LogP contribution in [0.4, 0.5) is 0 Å². The number of fused-ring (bicyclic) bond motifs is 2. The van der Waals surface area contributed by atoms with Crippen molar-refractivity contribution < 1.29 is 0 Å². The van der Waals surface area contributed by atoms with Gasteiger partial charge in [0.15, 0.2) is 0 Å². The number of rotatable bonds is 1. The summed E-state index contributed by atoms with van der Waals surface area (Å²) in [7, 11) is 3.67. The zero-order chi connectivity index (χ0) is 6.32. The average Bonchev–Trinajstić information content (AvgIpc) is 2.46. The third-order valence-corrected chi connectivity index (χ3v) is 4.01. The Labute approximate surface area is 60.5 Å². The monoisotopic (exact) mass is 137 g/mol. The molecule has 49 valence electrons. The normalized spacial score (nSPS) is 48.3. The minimum absolute atomic E-state index is 0.765. The van der Waals surface area contributed by atoms with Gasteiger partial charge in [0.05, 0.1) is 0 Å². The molecule has 2 fully saturated rings. The Hall–Kier alpha value is 0.217. The average molecular weight is 137 g/mol. The molecule has 2 bridgehead atoms. The smallest absolute Gasteiger partial charge is 0.0228 e. The standard InChI is InChI=1S/C8H13Si/c9-6-8-3-1-7(5-8)2-4-8/h7H,1-6H2. The summed E-state index contributed by atoms with van der Waals surface area (Å²) in [4.78, 5) is 0. The highest BCUT2D eigenvalue weighted by molar-refractivity contribution is 6.09. The van der Waals surface area contributed by atoms with Gasteiger partial charge in [-0.25, -0.2) is 0 Å². The predicted octanol–water partition coefficient (Wildman–Crippen LogP) is 2.15. The van der Waals surface area contributed by atoms with Crippen LogP contribution in [0.2, 0.25) is 6.04 Å². The molecule has 2 rings (SSSR count). The first-order chi connectivity index (χ1) is 4.35. The molecule has 0 saturated heterocycles. The zero-order valence-corrected chi connectivity index (χ0v) is 6.82. The van der Waals surface area contributed by atoms with Crippen LogP contribution in [-0.2, 0) is 0 Å². The molecular formula is C8H13Si. The first-order valence-corrected chi connectivity index (χ1v) is 4.70. The van der Waals surface area contributed by atoms with E-state index in [2.05, 4.69) is 10.2 Å². The molecule has 0 aromatic carbocycles. The molecule has 1 heteroatoms. The molecule has 0 aromatic rings. The molecule has 9 heavy (non-hydrogen) atoms. The van der Waals surface area contributed by atoms with E-state index in [-0.39, 0.29) is 0 Å². The third kappa shape index (κ3) is 0.777. The summed E-state index contributed by atoms with van der Waals surface area (Å²) >= 11 is 0. The highest BCUT2D eigenvalue weighted by Gasteiger charge is 2.42. The number of hydrogen-bond acceptors (Lipinski definition) is 0. The Bertz CT molecular complexity index is 112. The van der Waals surface area contributed by atoms with Crippen molar-refractivity contribution in [3.8, 4) is 0 Å². The van der Waals surface area contributed by atoms with Crippen LogP contribution in [0.5, 0.6) is 0 Å². The van der Waals surface area contributed by atoms with Gasteiger partial charge >= 0.3 is 0 Å². The maximum absolute atomic E-state index is 3.67. The lowest BCUT2D eigenvalue weighted by atomic mass is 9.86. The van der Waals surface area contributed by atoms with Gasteiger partial charge in [0.2, 0.25) is 0 Å². The van der Waals surface area contributed by atoms with Crippen LogP contribution in [0, 0.1) is 11.3 Å². The minimum atomic E-state index is 0.765. The molecule has 0 aliphatic heterocycles. The van der Waals surface area contributed by atoms with Crippen molar-refractivity contribution in [2.45, 2.75) is 38.1 Å². The molecular weight excluding hydrogens is 124 g/mol. The SMILES string of the molecule is [Si]CC12CCC(CC1)C2. The molecule has 0 atom stereocenters. The quantitative estimate of drug-likeness (QED) is 0.486. The van der Waals surface area contributed by atoms with Crippen LogP contribution in [-0.4, -0.2) is 10.2 Å². The van der Waals surface area contributed by atoms with E-state index in [4.69, 9.17) is 0 Å². The topological polar surface area (TPSA) is 0 Å². The second-order valence-electron chi connectivity index (χ2n) is 3.82. The summed E-state index contributed by atoms with van der Waals surface area (Å²) in [6.07, 6.45) is 7.56. The molecule has 3 radical (unpaired) electrons. The zero-order valence-electron chi connectivity index (χ0n) is 5.82. The minimum Gasteiger partial charge on any atom is -0.0581 e. The van der Waals surface area contributed by atoms with Gasteiger partial charge in [-0.05, 0) is 43.4 Å². The summed E-state index contributed by atoms with van der Waals surface area (Å²) in [5, 5.41) is 0. The first kappa shape index (κ1) is 5.96. The Balaban J connectivity index is 2.13. The van der Waals surface area contributed by atoms with Gasteiger partial charge in [-0.3, -0.25) is 0 Å². The van der Waals surface area contributed by atoms with Crippen LogP contribution in [0.3, 0.4) is 0 Å². The van der Waals surface area contributed by atoms with Gasteiger partial charge in [0.1, 0.15) is 0 Å². The predicted molar refractivity (Wildman–Crippen MR) is 39.6 cm³/mol. The lowest BCUT2D eigenvalue weighted by Crippen LogP contribution is -2.11. The Kier molecular flexibility index (Phi) is 1.22. The Morgan fingerprint density at radius 2 is 2.00 bits per heavy atom. The molecule has 2 saturated carbocycles. The van der Waals surface area contributed by atoms with Gasteiger partial charge in [-0.2, -0.15) is 0 Å². The largest absolute Gasteiger partial charge is 0.0581 e. The summed E-state index contributed by atoms with van der Waals surface area (Å²) in [5.41, 5.74) is 0.765. The van der Waals surface area contributed by atoms with Crippen molar-refractivity contribution in [3.63, 3.8) is 0 Å². The molecule has 0 amide bonds. The van der Waals surface area contributed by atoms with E-state index >= 15 is 0 Å². The molecule has 0 nitrogen and oxygen atoms in total. The van der Waals surface area contributed by atoms with E-state index < -0.39 is 0 Å². The Morgan fingerprint density at radius 1 is 1.33 bits per heavy atom. The van der Waals surface area contributed by atoms with E-state index in [1.54, 1.807) is 0 Å². The summed E-state index contributed by atoms with van der Waals surface area (Å²) in [6.45, 7) is 0. The van der Waals surface area contributed by atoms with Crippen LogP contribution >= 0.6 is 0 Å². The van der Waals surface area contributed by atoms with E-state index in [1.165, 1.54) is 38.1 Å². The maximum atomic E-state index is 3.67. The first-order valence-electron chi connectivity index (χ1n) is 3.99. The molecule has 2 aliphatic rings. The molecule has 2 aliphatic carbocycles. The van der Waals surface area contributed by atoms with Gasteiger partial charge in [0.25, 0.3) is 0 Å². The van der Waals surface area contributed by atoms with E-state index in [0.717, 1.165) is 11.3 Å². The van der Waals surface area contributed by atoms with Crippen molar-refractivity contribution in [1.29, 1.82) is 0 Å². The van der Waals surface area contributed by atoms with E-state index in [1.807, 2.05) is 0 Å². The lowest BCUT2D eigenvalue weighted by Gasteiger charge is -2.23. The summed E-state index contributed by atoms with van der Waals surface area (Å²) in [5.74, 6) is 1.11. The molecule has 0 spiro atoms. The van der Waals surface area contributed by atoms with Crippen molar-refractivity contribution in [1.82, 2.24) is 0 Å². The molecule has 0 unspecified atom stereocenters. The van der Waals surface area contributed by atoms with E-state index in [0.29, 0.717) is 0 Å². The second-order valence-corrected chi connectivity index (χ2v) is 4.18. The van der Waals surface area contributed by atoms with Crippen molar-refractivity contribution in [2.75, 3.05) is 0 Å². The third-order valence-electron chi connectivity index (χ3n) is 3.26. The number of hydrogen-bond donors (Lipinski definition) is 0. The van der Waals surface area contributed by atoms with Crippen molar-refractivity contribution >= 4 is 10.2 Å². The van der Waals surface area contributed by atoms with E-state index in [9.17, 15) is 0 Å². The fraction of sp³-hybridized carbons (Fsp3) is 1.00.